The molecule has 0 bridgehead atoms. The Morgan fingerprint density at radius 3 is 2.23 bits per heavy atom. The fraction of sp³-hybridized carbons (Fsp3) is 0.350. The highest BCUT2D eigenvalue weighted by Crippen LogP contribution is 2.20. The molecular weight excluding hydrogens is 334 g/mol. The van der Waals surface area contributed by atoms with E-state index < -0.39 is 18.0 Å². The van der Waals surface area contributed by atoms with Gasteiger partial charge in [0.15, 0.2) is 6.10 Å². The van der Waals surface area contributed by atoms with Crippen molar-refractivity contribution < 1.29 is 23.9 Å². The van der Waals surface area contributed by atoms with E-state index in [1.807, 2.05) is 19.1 Å². The molecule has 0 aliphatic rings. The molecule has 0 unspecified atom stereocenters. The minimum absolute atomic E-state index is 0.147. The molecule has 2 rings (SSSR count). The van der Waals surface area contributed by atoms with Crippen LogP contribution in [0.2, 0.25) is 0 Å². The first-order valence-electron chi connectivity index (χ1n) is 8.44. The summed E-state index contributed by atoms with van der Waals surface area (Å²) in [5.74, 6) is -1.47. The molecule has 0 radical (unpaired) electrons. The van der Waals surface area contributed by atoms with Gasteiger partial charge in [0.1, 0.15) is 5.69 Å². The van der Waals surface area contributed by atoms with E-state index in [0.717, 1.165) is 5.56 Å². The lowest BCUT2D eigenvalue weighted by Gasteiger charge is -2.12. The van der Waals surface area contributed by atoms with E-state index in [4.69, 9.17) is 9.47 Å². The van der Waals surface area contributed by atoms with E-state index in [9.17, 15) is 14.4 Å². The molecule has 1 N–H and O–H groups in total. The first kappa shape index (κ1) is 19.4. The van der Waals surface area contributed by atoms with Gasteiger partial charge in [-0.05, 0) is 40.2 Å². The Morgan fingerprint density at radius 2 is 1.65 bits per heavy atom. The number of hydrogen-bond acceptors (Lipinski definition) is 5. The van der Waals surface area contributed by atoms with Gasteiger partial charge in [-0.1, -0.05) is 29.8 Å². The van der Waals surface area contributed by atoms with Crippen molar-refractivity contribution in [3.8, 4) is 0 Å². The summed E-state index contributed by atoms with van der Waals surface area (Å²) in [5, 5.41) is 0. The zero-order valence-electron chi connectivity index (χ0n) is 15.6. The lowest BCUT2D eigenvalue weighted by atomic mass is 10.1. The number of rotatable bonds is 6. The predicted molar refractivity (Wildman–Crippen MR) is 96.6 cm³/mol. The molecule has 0 aliphatic carbocycles. The topological polar surface area (TPSA) is 85.5 Å². The van der Waals surface area contributed by atoms with Crippen LogP contribution in [-0.4, -0.2) is 35.4 Å². The molecule has 0 amide bonds. The van der Waals surface area contributed by atoms with Gasteiger partial charge >= 0.3 is 11.9 Å². The minimum Gasteiger partial charge on any atom is -0.462 e. The van der Waals surface area contributed by atoms with Crippen LogP contribution >= 0.6 is 0 Å². The Morgan fingerprint density at radius 1 is 1.04 bits per heavy atom. The van der Waals surface area contributed by atoms with E-state index in [2.05, 4.69) is 4.98 Å². The normalized spacial score (nSPS) is 11.7. The fourth-order valence-electron chi connectivity index (χ4n) is 2.69. The van der Waals surface area contributed by atoms with Crippen molar-refractivity contribution in [2.45, 2.75) is 40.7 Å². The number of ether oxygens (including phenoxy) is 2. The highest BCUT2D eigenvalue weighted by Gasteiger charge is 2.26. The minimum atomic E-state index is -0.945. The van der Waals surface area contributed by atoms with E-state index in [-0.39, 0.29) is 18.1 Å². The van der Waals surface area contributed by atoms with Gasteiger partial charge < -0.3 is 14.5 Å². The van der Waals surface area contributed by atoms with Crippen LogP contribution in [0.25, 0.3) is 0 Å². The van der Waals surface area contributed by atoms with Crippen molar-refractivity contribution in [3.05, 3.63) is 57.9 Å². The van der Waals surface area contributed by atoms with Crippen LogP contribution in [0.5, 0.6) is 0 Å². The second-order valence-corrected chi connectivity index (χ2v) is 6.12. The SMILES string of the molecule is CCOC(=O)c1c(C)[nH]c(C(=O)O[C@@H](C)C(=O)c2ccc(C)cc2)c1C. The van der Waals surface area contributed by atoms with Crippen LogP contribution in [-0.2, 0) is 9.47 Å². The standard InChI is InChI=1S/C20H23NO5/c1-6-25-19(23)16-12(3)17(21-13(16)4)20(24)26-14(5)18(22)15-9-7-11(2)8-10-15/h7-10,14,21H,6H2,1-5H3/t14-/m0/s1. The molecule has 1 aromatic carbocycles. The van der Waals surface area contributed by atoms with Gasteiger partial charge in [-0.2, -0.15) is 0 Å². The van der Waals surface area contributed by atoms with Crippen molar-refractivity contribution in [1.29, 1.82) is 0 Å². The summed E-state index contributed by atoms with van der Waals surface area (Å²) < 4.78 is 10.3. The summed E-state index contributed by atoms with van der Waals surface area (Å²) in [7, 11) is 0. The van der Waals surface area contributed by atoms with E-state index >= 15 is 0 Å². The molecule has 1 aromatic heterocycles. The van der Waals surface area contributed by atoms with Crippen molar-refractivity contribution in [1.82, 2.24) is 4.98 Å². The van der Waals surface area contributed by atoms with Crippen molar-refractivity contribution in [2.24, 2.45) is 0 Å². The molecular formula is C20H23NO5. The largest absolute Gasteiger partial charge is 0.462 e. The van der Waals surface area contributed by atoms with Gasteiger partial charge in [0, 0.05) is 11.3 Å². The highest BCUT2D eigenvalue weighted by atomic mass is 16.5. The third kappa shape index (κ3) is 4.02. The average molecular weight is 357 g/mol. The van der Waals surface area contributed by atoms with Crippen molar-refractivity contribution in [2.75, 3.05) is 6.61 Å². The van der Waals surface area contributed by atoms with Crippen molar-refractivity contribution in [3.63, 3.8) is 0 Å². The zero-order valence-corrected chi connectivity index (χ0v) is 15.6. The van der Waals surface area contributed by atoms with Crippen LogP contribution in [0.1, 0.15) is 61.9 Å². The molecule has 6 heteroatoms. The van der Waals surface area contributed by atoms with E-state index in [0.29, 0.717) is 22.4 Å². The second-order valence-electron chi connectivity index (χ2n) is 6.12. The number of Topliss-reactive ketones (excluding diaryl/α,β-unsaturated/α-hetero) is 1. The average Bonchev–Trinajstić information content (AvgIpc) is 2.89. The Labute approximate surface area is 152 Å². The molecule has 0 fully saturated rings. The number of carbonyl (C=O) groups excluding carboxylic acids is 3. The molecule has 0 saturated carbocycles. The lowest BCUT2D eigenvalue weighted by molar-refractivity contribution is 0.0313. The number of carbonyl (C=O) groups is 3. The van der Waals surface area contributed by atoms with Gasteiger partial charge in [0.05, 0.1) is 12.2 Å². The summed E-state index contributed by atoms with van der Waals surface area (Å²) in [5.41, 5.74) is 2.94. The van der Waals surface area contributed by atoms with Gasteiger partial charge in [0.25, 0.3) is 0 Å². The summed E-state index contributed by atoms with van der Waals surface area (Å²) >= 11 is 0. The maximum Gasteiger partial charge on any atom is 0.355 e. The summed E-state index contributed by atoms with van der Waals surface area (Å²) in [6.07, 6.45) is -0.945. The second kappa shape index (κ2) is 7.99. The summed E-state index contributed by atoms with van der Waals surface area (Å²) in [6.45, 7) is 8.72. The number of aromatic amines is 1. The van der Waals surface area contributed by atoms with Crippen LogP contribution in [0.4, 0.5) is 0 Å². The monoisotopic (exact) mass is 357 g/mol. The Kier molecular flexibility index (Phi) is 5.97. The number of hydrogen-bond donors (Lipinski definition) is 1. The summed E-state index contributed by atoms with van der Waals surface area (Å²) in [6, 6.07) is 7.05. The maximum atomic E-state index is 12.5. The zero-order chi connectivity index (χ0) is 19.4. The molecule has 6 nitrogen and oxygen atoms in total. The smallest absolute Gasteiger partial charge is 0.355 e. The Bertz CT molecular complexity index is 833. The van der Waals surface area contributed by atoms with Crippen molar-refractivity contribution >= 4 is 17.7 Å². The third-order valence-corrected chi connectivity index (χ3v) is 4.11. The number of nitrogens with one attached hydrogen (secondary N) is 1. The van der Waals surface area contributed by atoms with E-state index in [1.165, 1.54) is 6.92 Å². The highest BCUT2D eigenvalue weighted by molar-refractivity contribution is 6.02. The fourth-order valence-corrected chi connectivity index (χ4v) is 2.69. The Balaban J connectivity index is 2.17. The van der Waals surface area contributed by atoms with Crippen LogP contribution in [0, 0.1) is 20.8 Å². The summed E-state index contributed by atoms with van der Waals surface area (Å²) in [4.78, 5) is 39.7. The van der Waals surface area contributed by atoms with Gasteiger partial charge in [-0.25, -0.2) is 9.59 Å². The van der Waals surface area contributed by atoms with Crippen LogP contribution in [0.3, 0.4) is 0 Å². The quantitative estimate of drug-likeness (QED) is 0.631. The maximum absolute atomic E-state index is 12.5. The number of esters is 2. The number of benzene rings is 1. The predicted octanol–water partition coefficient (Wildman–Crippen LogP) is 3.54. The number of ketones is 1. The van der Waals surface area contributed by atoms with Crippen LogP contribution < -0.4 is 0 Å². The first-order chi connectivity index (χ1) is 12.3. The molecule has 1 heterocycles. The molecule has 2 aromatic rings. The first-order valence-corrected chi connectivity index (χ1v) is 8.44. The third-order valence-electron chi connectivity index (χ3n) is 4.11. The Hall–Kier alpha value is -2.89. The number of aryl methyl sites for hydroxylation is 2. The van der Waals surface area contributed by atoms with Gasteiger partial charge in [-0.3, -0.25) is 4.79 Å². The van der Waals surface area contributed by atoms with Crippen LogP contribution in [0.15, 0.2) is 24.3 Å². The molecule has 1 atom stereocenters. The van der Waals surface area contributed by atoms with Gasteiger partial charge in [-0.15, -0.1) is 0 Å². The lowest BCUT2D eigenvalue weighted by Crippen LogP contribution is -2.25. The number of aromatic nitrogens is 1. The molecule has 0 aliphatic heterocycles. The van der Waals surface area contributed by atoms with E-state index in [1.54, 1.807) is 32.9 Å². The number of H-pyrrole nitrogens is 1. The molecule has 26 heavy (non-hydrogen) atoms. The molecule has 138 valence electrons. The molecule has 0 saturated heterocycles. The molecule has 0 spiro atoms. The van der Waals surface area contributed by atoms with Gasteiger partial charge in [0.2, 0.25) is 5.78 Å².